The van der Waals surface area contributed by atoms with Crippen LogP contribution in [0.5, 0.6) is 0 Å². The summed E-state index contributed by atoms with van der Waals surface area (Å²) in [4.78, 5) is 0. The van der Waals surface area contributed by atoms with E-state index < -0.39 is 18.4 Å². The molecule has 0 spiro atoms. The molecule has 0 aliphatic rings. The molecule has 0 amide bonds. The molecule has 0 aromatic rings. The van der Waals surface area contributed by atoms with E-state index in [-0.39, 0.29) is 6.61 Å². The second-order valence-corrected chi connectivity index (χ2v) is 20.2. The summed E-state index contributed by atoms with van der Waals surface area (Å²) in [7, 11) is 0. The van der Waals surface area contributed by atoms with Gasteiger partial charge in [0, 0.05) is 0 Å². The fourth-order valence-corrected chi connectivity index (χ4v) is 18.4. The van der Waals surface area contributed by atoms with Crippen molar-refractivity contribution in [3.63, 3.8) is 0 Å². The number of aliphatic hydroxyl groups is 1. The SMILES string of the molecule is CCC[CH2][Sn]([CH2]/C=C(\C)CO)([CH2]CCC)[CH2]CCC. The van der Waals surface area contributed by atoms with E-state index in [1.807, 2.05) is 0 Å². The van der Waals surface area contributed by atoms with Crippen molar-refractivity contribution in [3.05, 3.63) is 11.6 Å². The summed E-state index contributed by atoms with van der Waals surface area (Å²) in [5, 5.41) is 9.21. The Hall–Kier alpha value is 0.499. The van der Waals surface area contributed by atoms with Crippen molar-refractivity contribution in [2.24, 2.45) is 0 Å². The van der Waals surface area contributed by atoms with Crippen LogP contribution in [-0.4, -0.2) is 30.1 Å². The van der Waals surface area contributed by atoms with E-state index >= 15 is 0 Å². The third-order valence-corrected chi connectivity index (χ3v) is 19.5. The fourth-order valence-electron chi connectivity index (χ4n) is 2.79. The van der Waals surface area contributed by atoms with Crippen molar-refractivity contribution in [1.82, 2.24) is 0 Å². The van der Waals surface area contributed by atoms with Gasteiger partial charge in [-0.05, 0) is 0 Å². The van der Waals surface area contributed by atoms with Gasteiger partial charge in [-0.1, -0.05) is 0 Å². The number of rotatable bonds is 12. The molecule has 2 heteroatoms. The van der Waals surface area contributed by atoms with Gasteiger partial charge in [0.2, 0.25) is 0 Å². The first-order chi connectivity index (χ1) is 9.14. The summed E-state index contributed by atoms with van der Waals surface area (Å²) >= 11 is -1.96. The molecule has 0 fully saturated rings. The molecule has 0 aromatic heterocycles. The Morgan fingerprint density at radius 2 is 1.32 bits per heavy atom. The second-order valence-electron chi connectivity index (χ2n) is 6.22. The first-order valence-corrected chi connectivity index (χ1v) is 16.5. The van der Waals surface area contributed by atoms with Gasteiger partial charge in [-0.25, -0.2) is 0 Å². The van der Waals surface area contributed by atoms with Gasteiger partial charge in [0.05, 0.1) is 0 Å². The molecule has 1 nitrogen and oxygen atoms in total. The molecule has 0 atom stereocenters. The molecule has 0 saturated carbocycles. The Balaban J connectivity index is 4.75. The van der Waals surface area contributed by atoms with Crippen molar-refractivity contribution in [1.29, 1.82) is 0 Å². The molecule has 0 aliphatic heterocycles. The molecule has 0 rings (SSSR count). The fraction of sp³-hybridized carbons (Fsp3) is 0.882. The van der Waals surface area contributed by atoms with Crippen LogP contribution >= 0.6 is 0 Å². The van der Waals surface area contributed by atoms with E-state index in [1.54, 1.807) is 13.3 Å². The molecule has 114 valence electrons. The molecule has 0 unspecified atom stereocenters. The van der Waals surface area contributed by atoms with Crippen LogP contribution in [0, 0.1) is 0 Å². The quantitative estimate of drug-likeness (QED) is 0.339. The third kappa shape index (κ3) is 9.12. The maximum absolute atomic E-state index is 9.21. The summed E-state index contributed by atoms with van der Waals surface area (Å²) in [6, 6.07) is 0. The monoisotopic (exact) mass is 376 g/mol. The average Bonchev–Trinajstić information content (AvgIpc) is 2.45. The standard InChI is InChI=1S/C5H9O.3C4H9.Sn/c1-3-5(2)4-6;3*1-3-4-2;/h3,6H,1,4H2,2H3;3*1,3-4H2,2H3;/b5-3+;;;;. The summed E-state index contributed by atoms with van der Waals surface area (Å²) in [6.45, 7) is 9.30. The van der Waals surface area contributed by atoms with Crippen molar-refractivity contribution < 1.29 is 5.11 Å². The summed E-state index contributed by atoms with van der Waals surface area (Å²) in [6.07, 6.45) is 10.7. The van der Waals surface area contributed by atoms with Crippen LogP contribution in [0.4, 0.5) is 0 Å². The van der Waals surface area contributed by atoms with E-state index in [4.69, 9.17) is 0 Å². The van der Waals surface area contributed by atoms with Gasteiger partial charge in [-0.2, -0.15) is 0 Å². The van der Waals surface area contributed by atoms with Gasteiger partial charge in [0.25, 0.3) is 0 Å². The van der Waals surface area contributed by atoms with Crippen LogP contribution in [0.3, 0.4) is 0 Å². The normalized spacial score (nSPS) is 13.0. The van der Waals surface area contributed by atoms with Crippen LogP contribution < -0.4 is 0 Å². The van der Waals surface area contributed by atoms with Crippen molar-refractivity contribution in [3.8, 4) is 0 Å². The zero-order valence-corrected chi connectivity index (χ0v) is 16.7. The molecular weight excluding hydrogens is 339 g/mol. The van der Waals surface area contributed by atoms with E-state index in [0.29, 0.717) is 0 Å². The van der Waals surface area contributed by atoms with Crippen molar-refractivity contribution >= 4 is 18.4 Å². The molecule has 0 saturated heterocycles. The van der Waals surface area contributed by atoms with Crippen LogP contribution in [0.2, 0.25) is 17.7 Å². The van der Waals surface area contributed by atoms with Crippen LogP contribution in [0.25, 0.3) is 0 Å². The minimum atomic E-state index is -1.96. The first kappa shape index (κ1) is 19.5. The van der Waals surface area contributed by atoms with Crippen LogP contribution in [0.15, 0.2) is 11.6 Å². The van der Waals surface area contributed by atoms with E-state index in [1.165, 1.54) is 48.5 Å². The summed E-state index contributed by atoms with van der Waals surface area (Å²) in [5.74, 6) is 0. The Morgan fingerprint density at radius 3 is 1.63 bits per heavy atom. The van der Waals surface area contributed by atoms with Crippen molar-refractivity contribution in [2.45, 2.75) is 84.0 Å². The number of hydrogen-bond donors (Lipinski definition) is 1. The summed E-state index contributed by atoms with van der Waals surface area (Å²) in [5.41, 5.74) is 1.19. The Kier molecular flexibility index (Phi) is 12.6. The van der Waals surface area contributed by atoms with Crippen LogP contribution in [0.1, 0.15) is 66.2 Å². The molecule has 0 radical (unpaired) electrons. The molecule has 0 aliphatic carbocycles. The third-order valence-electron chi connectivity index (χ3n) is 4.31. The predicted molar refractivity (Wildman–Crippen MR) is 90.5 cm³/mol. The van der Waals surface area contributed by atoms with Gasteiger partial charge >= 0.3 is 126 Å². The van der Waals surface area contributed by atoms with Gasteiger partial charge in [-0.3, -0.25) is 0 Å². The molecule has 1 N–H and O–H groups in total. The van der Waals surface area contributed by atoms with Gasteiger partial charge in [0.1, 0.15) is 0 Å². The van der Waals surface area contributed by atoms with Crippen molar-refractivity contribution in [2.75, 3.05) is 6.61 Å². The number of unbranched alkanes of at least 4 members (excludes halogenated alkanes) is 3. The maximum atomic E-state index is 9.21. The number of allylic oxidation sites excluding steroid dienone is 1. The second kappa shape index (κ2) is 12.3. The van der Waals surface area contributed by atoms with E-state index in [9.17, 15) is 5.11 Å². The van der Waals surface area contributed by atoms with E-state index in [2.05, 4.69) is 33.8 Å². The molecule has 0 heterocycles. The first-order valence-electron chi connectivity index (χ1n) is 8.40. The minimum absolute atomic E-state index is 0.247. The van der Waals surface area contributed by atoms with E-state index in [0.717, 1.165) is 0 Å². The van der Waals surface area contributed by atoms with Crippen LogP contribution in [-0.2, 0) is 0 Å². The van der Waals surface area contributed by atoms with Gasteiger partial charge < -0.3 is 0 Å². The molecular formula is C17H36OSn. The number of hydrogen-bond acceptors (Lipinski definition) is 1. The Bertz CT molecular complexity index is 214. The number of aliphatic hydroxyl groups excluding tert-OH is 1. The van der Waals surface area contributed by atoms with Gasteiger partial charge in [-0.15, -0.1) is 0 Å². The van der Waals surface area contributed by atoms with Gasteiger partial charge in [0.15, 0.2) is 0 Å². The molecule has 19 heavy (non-hydrogen) atoms. The molecule has 0 bridgehead atoms. The predicted octanol–water partition coefficient (Wildman–Crippen LogP) is 5.77. The zero-order valence-electron chi connectivity index (χ0n) is 13.8. The Labute approximate surface area is 125 Å². The zero-order chi connectivity index (χ0) is 14.6. The average molecular weight is 375 g/mol. The Morgan fingerprint density at radius 1 is 0.895 bits per heavy atom. The topological polar surface area (TPSA) is 20.2 Å². The summed E-state index contributed by atoms with van der Waals surface area (Å²) < 4.78 is 6.09. The molecule has 0 aromatic carbocycles.